The third kappa shape index (κ3) is 4.53. The minimum atomic E-state index is -0.767. The summed E-state index contributed by atoms with van der Waals surface area (Å²) in [6, 6.07) is 6.09. The van der Waals surface area contributed by atoms with Gasteiger partial charge in [-0.25, -0.2) is 0 Å². The van der Waals surface area contributed by atoms with Crippen LogP contribution in [0, 0.1) is 19.3 Å². The Labute approximate surface area is 123 Å². The molecule has 106 valence electrons. The number of carboxylic acids is 1. The number of hydrogen-bond donors (Lipinski definition) is 1. The summed E-state index contributed by atoms with van der Waals surface area (Å²) in [6.45, 7) is 6.33. The van der Waals surface area contributed by atoms with Crippen molar-refractivity contribution in [2.45, 2.75) is 33.6 Å². The minimum Gasteiger partial charge on any atom is -0.493 e. The summed E-state index contributed by atoms with van der Waals surface area (Å²) in [4.78, 5) is 11.1. The molecule has 0 spiro atoms. The van der Waals surface area contributed by atoms with Crippen LogP contribution in [0.5, 0.6) is 5.75 Å². The molecule has 0 aliphatic rings. The molecule has 0 heterocycles. The first-order valence-corrected chi connectivity index (χ1v) is 7.50. The molecule has 0 saturated heterocycles. The van der Waals surface area contributed by atoms with Crippen molar-refractivity contribution in [2.24, 2.45) is 5.41 Å². The first kappa shape index (κ1) is 16.0. The second-order valence-electron chi connectivity index (χ2n) is 5.22. The number of alkyl halides is 1. The lowest BCUT2D eigenvalue weighted by atomic mass is 9.88. The zero-order valence-electron chi connectivity index (χ0n) is 11.7. The summed E-state index contributed by atoms with van der Waals surface area (Å²) in [6.07, 6.45) is 1.32. The first-order valence-electron chi connectivity index (χ1n) is 6.38. The van der Waals surface area contributed by atoms with Crippen LogP contribution in [0.15, 0.2) is 18.2 Å². The van der Waals surface area contributed by atoms with Gasteiger partial charge in [-0.2, -0.15) is 0 Å². The van der Waals surface area contributed by atoms with Crippen molar-refractivity contribution in [1.82, 2.24) is 0 Å². The zero-order chi connectivity index (χ0) is 14.5. The fourth-order valence-corrected chi connectivity index (χ4v) is 2.26. The van der Waals surface area contributed by atoms with Gasteiger partial charge in [0.05, 0.1) is 12.0 Å². The summed E-state index contributed by atoms with van der Waals surface area (Å²) in [5.74, 6) is 0.118. The molecule has 3 nitrogen and oxygen atoms in total. The second kappa shape index (κ2) is 6.94. The van der Waals surface area contributed by atoms with Crippen LogP contribution in [0.2, 0.25) is 0 Å². The summed E-state index contributed by atoms with van der Waals surface area (Å²) in [5, 5.41) is 9.62. The van der Waals surface area contributed by atoms with Gasteiger partial charge in [0.2, 0.25) is 0 Å². The molecular formula is C15H21BrO3. The van der Waals surface area contributed by atoms with Crippen LogP contribution in [0.4, 0.5) is 0 Å². The summed E-state index contributed by atoms with van der Waals surface area (Å²) < 4.78 is 5.73. The van der Waals surface area contributed by atoms with E-state index in [1.165, 1.54) is 0 Å². The Hall–Kier alpha value is -1.03. The van der Waals surface area contributed by atoms with E-state index in [0.717, 1.165) is 23.3 Å². The van der Waals surface area contributed by atoms with E-state index in [9.17, 15) is 4.79 Å². The van der Waals surface area contributed by atoms with E-state index in [1.807, 2.05) is 26.0 Å². The molecule has 1 aromatic carbocycles. The maximum Gasteiger partial charge on any atom is 0.310 e. The standard InChI is InChI=1S/C15H21BrO3/c1-11-5-6-12(2)13(9-11)19-8-4-7-15(3,10-16)14(17)18/h5-6,9H,4,7-8,10H2,1-3H3,(H,17,18). The predicted molar refractivity (Wildman–Crippen MR) is 80.2 cm³/mol. The number of carbonyl (C=O) groups is 1. The fraction of sp³-hybridized carbons (Fsp3) is 0.533. The van der Waals surface area contributed by atoms with Crippen LogP contribution in [0.3, 0.4) is 0 Å². The molecule has 0 fully saturated rings. The number of rotatable bonds is 7. The Kier molecular flexibility index (Phi) is 5.85. The number of benzene rings is 1. The van der Waals surface area contributed by atoms with Gasteiger partial charge >= 0.3 is 5.97 Å². The van der Waals surface area contributed by atoms with Gasteiger partial charge in [0, 0.05) is 5.33 Å². The van der Waals surface area contributed by atoms with E-state index in [4.69, 9.17) is 9.84 Å². The SMILES string of the molecule is Cc1ccc(C)c(OCCCC(C)(CBr)C(=O)O)c1. The van der Waals surface area contributed by atoms with Gasteiger partial charge in [0.25, 0.3) is 0 Å². The molecular weight excluding hydrogens is 308 g/mol. The molecule has 0 radical (unpaired) electrons. The molecule has 1 atom stereocenters. The third-order valence-electron chi connectivity index (χ3n) is 3.29. The average molecular weight is 329 g/mol. The third-order valence-corrected chi connectivity index (χ3v) is 4.52. The van der Waals surface area contributed by atoms with E-state index in [0.29, 0.717) is 18.4 Å². The summed E-state index contributed by atoms with van der Waals surface area (Å²) in [7, 11) is 0. The molecule has 19 heavy (non-hydrogen) atoms. The second-order valence-corrected chi connectivity index (χ2v) is 5.78. The first-order chi connectivity index (χ1) is 8.89. The Bertz CT molecular complexity index is 445. The summed E-state index contributed by atoms with van der Waals surface area (Å²) in [5.41, 5.74) is 1.55. The lowest BCUT2D eigenvalue weighted by Gasteiger charge is -2.21. The Morgan fingerprint density at radius 2 is 2.11 bits per heavy atom. The van der Waals surface area contributed by atoms with Crippen LogP contribution in [0.25, 0.3) is 0 Å². The van der Waals surface area contributed by atoms with Gasteiger partial charge in [0.15, 0.2) is 0 Å². The molecule has 0 amide bonds. The number of aliphatic carboxylic acids is 1. The molecule has 0 saturated carbocycles. The van der Waals surface area contributed by atoms with Crippen LogP contribution in [0.1, 0.15) is 30.9 Å². The summed E-state index contributed by atoms with van der Waals surface area (Å²) >= 11 is 3.27. The highest BCUT2D eigenvalue weighted by molar-refractivity contribution is 9.09. The molecule has 0 aromatic heterocycles. The number of ether oxygens (including phenoxy) is 1. The van der Waals surface area contributed by atoms with E-state index in [1.54, 1.807) is 6.92 Å². The van der Waals surface area contributed by atoms with Gasteiger partial charge in [-0.15, -0.1) is 0 Å². The Morgan fingerprint density at radius 1 is 1.42 bits per heavy atom. The van der Waals surface area contributed by atoms with E-state index in [2.05, 4.69) is 22.0 Å². The van der Waals surface area contributed by atoms with Gasteiger partial charge in [0.1, 0.15) is 5.75 Å². The smallest absolute Gasteiger partial charge is 0.310 e. The zero-order valence-corrected chi connectivity index (χ0v) is 13.3. The van der Waals surface area contributed by atoms with Crippen LogP contribution in [-0.4, -0.2) is 23.0 Å². The van der Waals surface area contributed by atoms with Crippen molar-refractivity contribution >= 4 is 21.9 Å². The van der Waals surface area contributed by atoms with Crippen LogP contribution < -0.4 is 4.74 Å². The number of hydrogen-bond acceptors (Lipinski definition) is 2. The highest BCUT2D eigenvalue weighted by Crippen LogP contribution is 2.26. The maximum absolute atomic E-state index is 11.1. The van der Waals surface area contributed by atoms with Gasteiger partial charge in [-0.1, -0.05) is 28.1 Å². The molecule has 1 N–H and O–H groups in total. The molecule has 1 unspecified atom stereocenters. The van der Waals surface area contributed by atoms with Crippen LogP contribution in [-0.2, 0) is 4.79 Å². The van der Waals surface area contributed by atoms with Crippen molar-refractivity contribution in [2.75, 3.05) is 11.9 Å². The molecule has 0 aliphatic heterocycles. The molecule has 0 bridgehead atoms. The van der Waals surface area contributed by atoms with E-state index in [-0.39, 0.29) is 0 Å². The maximum atomic E-state index is 11.1. The predicted octanol–water partition coefficient (Wildman–Crippen LogP) is 3.95. The highest BCUT2D eigenvalue weighted by atomic mass is 79.9. The van der Waals surface area contributed by atoms with Gasteiger partial charge in [-0.3, -0.25) is 4.79 Å². The van der Waals surface area contributed by atoms with Crippen molar-refractivity contribution in [3.8, 4) is 5.75 Å². The lowest BCUT2D eigenvalue weighted by molar-refractivity contribution is -0.146. The Morgan fingerprint density at radius 3 is 2.68 bits per heavy atom. The van der Waals surface area contributed by atoms with E-state index >= 15 is 0 Å². The van der Waals surface area contributed by atoms with Crippen molar-refractivity contribution in [1.29, 1.82) is 0 Å². The minimum absolute atomic E-state index is 0.457. The highest BCUT2D eigenvalue weighted by Gasteiger charge is 2.31. The van der Waals surface area contributed by atoms with Gasteiger partial charge in [-0.05, 0) is 50.8 Å². The monoisotopic (exact) mass is 328 g/mol. The molecule has 1 rings (SSSR count). The fourth-order valence-electron chi connectivity index (χ4n) is 1.74. The topological polar surface area (TPSA) is 46.5 Å². The number of halogens is 1. The lowest BCUT2D eigenvalue weighted by Crippen LogP contribution is -2.29. The average Bonchev–Trinajstić information content (AvgIpc) is 2.38. The number of aryl methyl sites for hydroxylation is 2. The molecule has 0 aliphatic carbocycles. The van der Waals surface area contributed by atoms with Crippen molar-refractivity contribution in [3.05, 3.63) is 29.3 Å². The Balaban J connectivity index is 2.47. The quantitative estimate of drug-likeness (QED) is 0.609. The molecule has 1 aromatic rings. The molecule has 4 heteroatoms. The van der Waals surface area contributed by atoms with E-state index < -0.39 is 11.4 Å². The number of carboxylic acid groups (broad SMARTS) is 1. The normalized spacial score (nSPS) is 13.9. The van der Waals surface area contributed by atoms with Gasteiger partial charge < -0.3 is 9.84 Å². The van der Waals surface area contributed by atoms with Crippen LogP contribution >= 0.6 is 15.9 Å². The largest absolute Gasteiger partial charge is 0.493 e. The van der Waals surface area contributed by atoms with Crippen molar-refractivity contribution < 1.29 is 14.6 Å². The van der Waals surface area contributed by atoms with Crippen molar-refractivity contribution in [3.63, 3.8) is 0 Å².